The molecule has 33 heavy (non-hydrogen) atoms. The van der Waals surface area contributed by atoms with E-state index in [1.807, 2.05) is 4.90 Å². The molecule has 2 fully saturated rings. The maximum atomic E-state index is 13.3. The zero-order chi connectivity index (χ0) is 24.2. The lowest BCUT2D eigenvalue weighted by Crippen LogP contribution is -2.46. The molecule has 0 radical (unpaired) electrons. The molecule has 2 aliphatic rings. The van der Waals surface area contributed by atoms with Gasteiger partial charge < -0.3 is 9.47 Å². The van der Waals surface area contributed by atoms with Crippen molar-refractivity contribution < 1.29 is 14.3 Å². The molecule has 0 aliphatic heterocycles. The molecule has 0 spiro atoms. The Morgan fingerprint density at radius 1 is 0.727 bits per heavy atom. The molecule has 194 valence electrons. The SMILES string of the molecule is CCCCCCCCCN(COC(C)(C)C1CCCCC1)C(=O)OC(C)(C)C1CCCCC1. The van der Waals surface area contributed by atoms with Crippen molar-refractivity contribution in [3.8, 4) is 0 Å². The van der Waals surface area contributed by atoms with Crippen molar-refractivity contribution in [3.05, 3.63) is 0 Å². The van der Waals surface area contributed by atoms with Gasteiger partial charge >= 0.3 is 6.09 Å². The van der Waals surface area contributed by atoms with E-state index in [4.69, 9.17) is 9.47 Å². The second-order valence-electron chi connectivity index (χ2n) is 11.9. The van der Waals surface area contributed by atoms with E-state index in [1.165, 1.54) is 103 Å². The summed E-state index contributed by atoms with van der Waals surface area (Å²) >= 11 is 0. The van der Waals surface area contributed by atoms with Crippen LogP contribution in [-0.4, -0.2) is 35.5 Å². The summed E-state index contributed by atoms with van der Waals surface area (Å²) in [7, 11) is 0. The van der Waals surface area contributed by atoms with Crippen LogP contribution < -0.4 is 0 Å². The van der Waals surface area contributed by atoms with Crippen molar-refractivity contribution in [2.45, 2.75) is 155 Å². The molecule has 2 aliphatic carbocycles. The molecule has 4 heteroatoms. The van der Waals surface area contributed by atoms with Crippen LogP contribution in [0.4, 0.5) is 4.79 Å². The lowest BCUT2D eigenvalue weighted by atomic mass is 9.79. The van der Waals surface area contributed by atoms with E-state index in [-0.39, 0.29) is 11.7 Å². The molecule has 1 amide bonds. The number of nitrogens with zero attached hydrogens (tertiary/aromatic N) is 1. The Hall–Kier alpha value is -0.770. The van der Waals surface area contributed by atoms with Gasteiger partial charge in [0.2, 0.25) is 0 Å². The number of hydrogen-bond acceptors (Lipinski definition) is 3. The maximum Gasteiger partial charge on any atom is 0.412 e. The van der Waals surface area contributed by atoms with Gasteiger partial charge in [-0.2, -0.15) is 0 Å². The first kappa shape index (κ1) is 28.5. The molecule has 0 aromatic carbocycles. The first-order chi connectivity index (χ1) is 15.8. The van der Waals surface area contributed by atoms with Crippen LogP contribution in [0, 0.1) is 11.8 Å². The van der Waals surface area contributed by atoms with Gasteiger partial charge in [-0.1, -0.05) is 84.0 Å². The van der Waals surface area contributed by atoms with E-state index >= 15 is 0 Å². The van der Waals surface area contributed by atoms with Gasteiger partial charge in [-0.3, -0.25) is 4.90 Å². The van der Waals surface area contributed by atoms with Crippen LogP contribution in [0.25, 0.3) is 0 Å². The van der Waals surface area contributed by atoms with Crippen LogP contribution in [0.1, 0.15) is 144 Å². The predicted octanol–water partition coefficient (Wildman–Crippen LogP) is 8.87. The summed E-state index contributed by atoms with van der Waals surface area (Å²) in [4.78, 5) is 15.2. The molecule has 0 aromatic heterocycles. The highest BCUT2D eigenvalue weighted by atomic mass is 16.6. The van der Waals surface area contributed by atoms with Gasteiger partial charge in [0.15, 0.2) is 0 Å². The largest absolute Gasteiger partial charge is 0.443 e. The summed E-state index contributed by atoms with van der Waals surface area (Å²) < 4.78 is 12.6. The van der Waals surface area contributed by atoms with Crippen molar-refractivity contribution >= 4 is 6.09 Å². The Morgan fingerprint density at radius 2 is 1.21 bits per heavy atom. The minimum Gasteiger partial charge on any atom is -0.443 e. The smallest absolute Gasteiger partial charge is 0.412 e. The van der Waals surface area contributed by atoms with E-state index in [9.17, 15) is 4.79 Å². The zero-order valence-corrected chi connectivity index (χ0v) is 22.8. The minimum absolute atomic E-state index is 0.184. The monoisotopic (exact) mass is 465 g/mol. The van der Waals surface area contributed by atoms with Crippen molar-refractivity contribution in [2.75, 3.05) is 13.3 Å². The number of carbonyl (C=O) groups is 1. The van der Waals surface area contributed by atoms with Crippen molar-refractivity contribution in [1.29, 1.82) is 0 Å². The molecule has 0 saturated heterocycles. The summed E-state index contributed by atoms with van der Waals surface area (Å²) in [6.07, 6.45) is 21.1. The van der Waals surface area contributed by atoms with Gasteiger partial charge in [0.05, 0.1) is 5.60 Å². The summed E-state index contributed by atoms with van der Waals surface area (Å²) in [6, 6.07) is 0. The second-order valence-corrected chi connectivity index (χ2v) is 11.9. The quantitative estimate of drug-likeness (QED) is 0.190. The fourth-order valence-electron chi connectivity index (χ4n) is 5.80. The van der Waals surface area contributed by atoms with E-state index in [0.29, 0.717) is 18.6 Å². The normalized spacial score (nSPS) is 18.9. The highest BCUT2D eigenvalue weighted by Gasteiger charge is 2.37. The van der Waals surface area contributed by atoms with Gasteiger partial charge in [-0.15, -0.1) is 0 Å². The molecule has 2 rings (SSSR count). The van der Waals surface area contributed by atoms with Crippen LogP contribution in [0.3, 0.4) is 0 Å². The number of hydrogen-bond donors (Lipinski definition) is 0. The first-order valence-corrected chi connectivity index (χ1v) is 14.4. The maximum absolute atomic E-state index is 13.3. The van der Waals surface area contributed by atoms with Crippen LogP contribution in [0.2, 0.25) is 0 Å². The number of rotatable bonds is 14. The molecule has 0 N–H and O–H groups in total. The molecule has 2 saturated carbocycles. The summed E-state index contributed by atoms with van der Waals surface area (Å²) in [5.41, 5.74) is -0.604. The summed E-state index contributed by atoms with van der Waals surface area (Å²) in [5, 5.41) is 0. The molecule has 0 aromatic rings. The highest BCUT2D eigenvalue weighted by Crippen LogP contribution is 2.36. The van der Waals surface area contributed by atoms with Gasteiger partial charge in [0, 0.05) is 6.54 Å². The Kier molecular flexibility index (Phi) is 12.6. The fourth-order valence-corrected chi connectivity index (χ4v) is 5.80. The number of ether oxygens (including phenoxy) is 2. The number of amides is 1. The fraction of sp³-hybridized carbons (Fsp3) is 0.966. The Bertz CT molecular complexity index is 533. The molecule has 0 heterocycles. The summed E-state index contributed by atoms with van der Waals surface area (Å²) in [5.74, 6) is 1.05. The molecule has 4 nitrogen and oxygen atoms in total. The average Bonchev–Trinajstić information content (AvgIpc) is 2.81. The molecule has 0 atom stereocenters. The van der Waals surface area contributed by atoms with Crippen molar-refractivity contribution in [1.82, 2.24) is 4.90 Å². The van der Waals surface area contributed by atoms with E-state index < -0.39 is 5.60 Å². The number of unbranched alkanes of at least 4 members (excludes halogenated alkanes) is 6. The molecule has 0 unspecified atom stereocenters. The third-order valence-corrected chi connectivity index (χ3v) is 8.41. The predicted molar refractivity (Wildman–Crippen MR) is 138 cm³/mol. The standard InChI is InChI=1S/C29H55NO3/c1-6-7-8-9-10-11-18-23-30(24-32-28(2,3)25-19-14-12-15-20-25)27(31)33-29(4,5)26-21-16-13-17-22-26/h25-26H,6-24H2,1-5H3. The number of carbonyl (C=O) groups excluding carboxylic acids is 1. The molecular weight excluding hydrogens is 410 g/mol. The average molecular weight is 466 g/mol. The van der Waals surface area contributed by atoms with Gasteiger partial charge in [0.25, 0.3) is 0 Å². The second kappa shape index (κ2) is 14.6. The van der Waals surface area contributed by atoms with Crippen LogP contribution in [-0.2, 0) is 9.47 Å². The van der Waals surface area contributed by atoms with Crippen molar-refractivity contribution in [3.63, 3.8) is 0 Å². The first-order valence-electron chi connectivity index (χ1n) is 14.4. The van der Waals surface area contributed by atoms with Gasteiger partial charge in [-0.05, 0) is 71.6 Å². The van der Waals surface area contributed by atoms with E-state index in [2.05, 4.69) is 34.6 Å². The van der Waals surface area contributed by atoms with Crippen LogP contribution in [0.5, 0.6) is 0 Å². The Morgan fingerprint density at radius 3 is 1.76 bits per heavy atom. The van der Waals surface area contributed by atoms with E-state index in [1.54, 1.807) is 0 Å². The van der Waals surface area contributed by atoms with Gasteiger partial charge in [0.1, 0.15) is 12.3 Å². The Balaban J connectivity index is 1.91. The van der Waals surface area contributed by atoms with E-state index in [0.717, 1.165) is 13.0 Å². The third kappa shape index (κ3) is 10.2. The third-order valence-electron chi connectivity index (χ3n) is 8.41. The lowest BCUT2D eigenvalue weighted by Gasteiger charge is -2.40. The molecular formula is C29H55NO3. The van der Waals surface area contributed by atoms with Gasteiger partial charge in [-0.25, -0.2) is 4.79 Å². The summed E-state index contributed by atoms with van der Waals surface area (Å²) in [6.45, 7) is 12.0. The molecule has 0 bridgehead atoms. The lowest BCUT2D eigenvalue weighted by molar-refractivity contribution is -0.115. The van der Waals surface area contributed by atoms with Crippen LogP contribution >= 0.6 is 0 Å². The highest BCUT2D eigenvalue weighted by molar-refractivity contribution is 5.68. The van der Waals surface area contributed by atoms with Crippen LogP contribution in [0.15, 0.2) is 0 Å². The topological polar surface area (TPSA) is 38.8 Å². The van der Waals surface area contributed by atoms with Crippen molar-refractivity contribution in [2.24, 2.45) is 11.8 Å². The minimum atomic E-state index is -0.408. The zero-order valence-electron chi connectivity index (χ0n) is 22.8. The Labute approximate surface area is 205 Å².